The number of fused-ring (bicyclic) bond motifs is 1. The second kappa shape index (κ2) is 9.30. The molecule has 2 aromatic heterocycles. The molecular weight excluding hydrogens is 519 g/mol. The zero-order valence-electron chi connectivity index (χ0n) is 17.8. The van der Waals surface area contributed by atoms with Crippen molar-refractivity contribution in [3.63, 3.8) is 0 Å². The SMILES string of the molecule is CNc1ccc2c(=O)n(-c3ccc(NC(=O)NS(=O)(=O)c4ccc(Cl)s4)cc3Cl)cc(C)c2c1. The zero-order chi connectivity index (χ0) is 24.6. The number of hydrogen-bond acceptors (Lipinski definition) is 6. The largest absolute Gasteiger partial charge is 0.388 e. The van der Waals surface area contributed by atoms with Gasteiger partial charge in [0.1, 0.15) is 4.21 Å². The van der Waals surface area contributed by atoms with E-state index in [0.717, 1.165) is 28.0 Å². The lowest BCUT2D eigenvalue weighted by Crippen LogP contribution is -2.33. The minimum absolute atomic E-state index is 0.0890. The maximum atomic E-state index is 13.1. The van der Waals surface area contributed by atoms with E-state index in [9.17, 15) is 18.0 Å². The standard InChI is InChI=1S/C22H18Cl2N4O4S2/c1-12-11-28(21(29)15-5-3-13(25-2)9-16(12)15)18-6-4-14(10-17(18)23)26-22(30)27-34(31,32)20-8-7-19(24)33-20/h3-11,25H,1-2H3,(H2,26,27,30). The number of sulfonamides is 1. The third kappa shape index (κ3) is 4.76. The lowest BCUT2D eigenvalue weighted by atomic mass is 10.1. The molecule has 0 saturated heterocycles. The molecule has 176 valence electrons. The Morgan fingerprint density at radius 2 is 1.74 bits per heavy atom. The minimum atomic E-state index is -4.07. The van der Waals surface area contributed by atoms with Crippen molar-refractivity contribution in [3.05, 3.63) is 80.0 Å². The van der Waals surface area contributed by atoms with E-state index in [0.29, 0.717) is 11.1 Å². The van der Waals surface area contributed by atoms with Gasteiger partial charge >= 0.3 is 6.03 Å². The van der Waals surface area contributed by atoms with Crippen molar-refractivity contribution >= 4 is 72.7 Å². The highest BCUT2D eigenvalue weighted by atomic mass is 35.5. The Kier molecular flexibility index (Phi) is 6.59. The van der Waals surface area contributed by atoms with Gasteiger partial charge < -0.3 is 10.6 Å². The molecule has 0 aliphatic carbocycles. The van der Waals surface area contributed by atoms with Crippen LogP contribution in [0.3, 0.4) is 0 Å². The summed E-state index contributed by atoms with van der Waals surface area (Å²) in [6.45, 7) is 1.90. The van der Waals surface area contributed by atoms with E-state index in [1.54, 1.807) is 25.4 Å². The molecule has 8 nitrogen and oxygen atoms in total. The summed E-state index contributed by atoms with van der Waals surface area (Å²) in [5.74, 6) is 0. The summed E-state index contributed by atoms with van der Waals surface area (Å²) in [4.78, 5) is 25.4. The van der Waals surface area contributed by atoms with E-state index in [2.05, 4.69) is 10.6 Å². The van der Waals surface area contributed by atoms with Crippen molar-refractivity contribution in [2.45, 2.75) is 11.1 Å². The summed E-state index contributed by atoms with van der Waals surface area (Å²) >= 11 is 13.0. The zero-order valence-corrected chi connectivity index (χ0v) is 21.0. The van der Waals surface area contributed by atoms with Crippen LogP contribution >= 0.6 is 34.5 Å². The Labute approximate surface area is 209 Å². The number of amides is 2. The maximum Gasteiger partial charge on any atom is 0.333 e. The molecule has 2 heterocycles. The first kappa shape index (κ1) is 24.1. The van der Waals surface area contributed by atoms with Gasteiger partial charge in [0, 0.05) is 30.0 Å². The molecule has 0 fully saturated rings. The average Bonchev–Trinajstić information content (AvgIpc) is 3.23. The van der Waals surface area contributed by atoms with Gasteiger partial charge in [-0.1, -0.05) is 23.2 Å². The van der Waals surface area contributed by atoms with Crippen LogP contribution in [0.5, 0.6) is 0 Å². The number of carbonyl (C=O) groups is 1. The number of anilines is 2. The third-order valence-corrected chi connectivity index (χ3v) is 8.37. The maximum absolute atomic E-state index is 13.1. The minimum Gasteiger partial charge on any atom is -0.388 e. The topological polar surface area (TPSA) is 109 Å². The molecular formula is C22H18Cl2N4O4S2. The number of rotatable bonds is 5. The van der Waals surface area contributed by atoms with Gasteiger partial charge in [-0.25, -0.2) is 17.9 Å². The molecule has 2 aromatic carbocycles. The smallest absolute Gasteiger partial charge is 0.333 e. The molecule has 0 radical (unpaired) electrons. The second-order valence-electron chi connectivity index (χ2n) is 7.28. The Hall–Kier alpha value is -3.05. The lowest BCUT2D eigenvalue weighted by molar-refractivity contribution is 0.256. The molecule has 4 rings (SSSR count). The van der Waals surface area contributed by atoms with Crippen molar-refractivity contribution in [1.29, 1.82) is 0 Å². The Bertz CT molecular complexity index is 1600. The van der Waals surface area contributed by atoms with Gasteiger partial charge in [0.15, 0.2) is 0 Å². The average molecular weight is 537 g/mol. The van der Waals surface area contributed by atoms with Crippen LogP contribution < -0.4 is 20.9 Å². The molecule has 0 unspecified atom stereocenters. The van der Waals surface area contributed by atoms with Crippen LogP contribution in [0, 0.1) is 6.92 Å². The fraction of sp³-hybridized carbons (Fsp3) is 0.0909. The number of aryl methyl sites for hydroxylation is 1. The summed E-state index contributed by atoms with van der Waals surface area (Å²) in [5.41, 5.74) is 2.19. The van der Waals surface area contributed by atoms with Crippen LogP contribution in [0.15, 0.2) is 63.7 Å². The predicted molar refractivity (Wildman–Crippen MR) is 138 cm³/mol. The van der Waals surface area contributed by atoms with Gasteiger partial charge in [0.25, 0.3) is 15.6 Å². The van der Waals surface area contributed by atoms with E-state index in [1.165, 1.54) is 28.8 Å². The van der Waals surface area contributed by atoms with Crippen molar-refractivity contribution < 1.29 is 13.2 Å². The summed E-state index contributed by atoms with van der Waals surface area (Å²) in [6.07, 6.45) is 1.70. The van der Waals surface area contributed by atoms with Crippen molar-refractivity contribution in [1.82, 2.24) is 9.29 Å². The molecule has 0 spiro atoms. The van der Waals surface area contributed by atoms with Crippen LogP contribution in [0.25, 0.3) is 16.5 Å². The number of nitrogens with zero attached hydrogens (tertiary/aromatic N) is 1. The summed E-state index contributed by atoms with van der Waals surface area (Å²) in [7, 11) is -2.26. The van der Waals surface area contributed by atoms with Crippen LogP contribution in [0.1, 0.15) is 5.56 Å². The van der Waals surface area contributed by atoms with Gasteiger partial charge in [0.2, 0.25) is 0 Å². The number of aromatic nitrogens is 1. The van der Waals surface area contributed by atoms with Gasteiger partial charge in [-0.15, -0.1) is 11.3 Å². The van der Waals surface area contributed by atoms with Crippen LogP contribution in [-0.4, -0.2) is 26.1 Å². The molecule has 34 heavy (non-hydrogen) atoms. The number of thiophene rings is 1. The van der Waals surface area contributed by atoms with E-state index >= 15 is 0 Å². The summed E-state index contributed by atoms with van der Waals surface area (Å²) in [5, 5.41) is 7.04. The van der Waals surface area contributed by atoms with Gasteiger partial charge in [0.05, 0.1) is 15.0 Å². The highest BCUT2D eigenvalue weighted by Gasteiger charge is 2.20. The Morgan fingerprint density at radius 3 is 2.38 bits per heavy atom. The number of benzene rings is 2. The van der Waals surface area contributed by atoms with E-state index < -0.39 is 16.1 Å². The van der Waals surface area contributed by atoms with Crippen LogP contribution in [-0.2, 0) is 10.0 Å². The fourth-order valence-corrected chi connectivity index (χ4v) is 6.06. The monoisotopic (exact) mass is 536 g/mol. The summed E-state index contributed by atoms with van der Waals surface area (Å²) < 4.78 is 28.1. The number of hydrogen-bond donors (Lipinski definition) is 3. The quantitative estimate of drug-likeness (QED) is 0.324. The van der Waals surface area contributed by atoms with E-state index in [-0.39, 0.29) is 24.8 Å². The van der Waals surface area contributed by atoms with Crippen molar-refractivity contribution in [2.75, 3.05) is 17.7 Å². The first-order chi connectivity index (χ1) is 16.1. The highest BCUT2D eigenvalue weighted by molar-refractivity contribution is 7.92. The molecule has 0 saturated carbocycles. The van der Waals surface area contributed by atoms with E-state index in [1.807, 2.05) is 23.8 Å². The lowest BCUT2D eigenvalue weighted by Gasteiger charge is -2.14. The highest BCUT2D eigenvalue weighted by Crippen LogP contribution is 2.27. The first-order valence-electron chi connectivity index (χ1n) is 9.82. The molecule has 3 N–H and O–H groups in total. The number of halogens is 2. The van der Waals surface area contributed by atoms with Crippen molar-refractivity contribution in [3.8, 4) is 5.69 Å². The van der Waals surface area contributed by atoms with Gasteiger partial charge in [-0.3, -0.25) is 9.36 Å². The number of carbonyl (C=O) groups excluding carboxylic acids is 1. The number of pyridine rings is 1. The van der Waals surface area contributed by atoms with Gasteiger partial charge in [-0.05, 0) is 66.4 Å². The molecule has 2 amide bonds. The Balaban J connectivity index is 1.60. The van der Waals surface area contributed by atoms with Crippen LogP contribution in [0.2, 0.25) is 9.36 Å². The molecule has 0 atom stereocenters. The predicted octanol–water partition coefficient (Wildman–Crippen LogP) is 5.22. The molecule has 0 aliphatic heterocycles. The van der Waals surface area contributed by atoms with Crippen molar-refractivity contribution in [2.24, 2.45) is 0 Å². The Morgan fingerprint density at radius 1 is 1.00 bits per heavy atom. The number of urea groups is 1. The van der Waals surface area contributed by atoms with E-state index in [4.69, 9.17) is 23.2 Å². The fourth-order valence-electron chi connectivity index (χ4n) is 3.39. The first-order valence-corrected chi connectivity index (χ1v) is 12.9. The van der Waals surface area contributed by atoms with Gasteiger partial charge in [-0.2, -0.15) is 0 Å². The molecule has 0 aliphatic rings. The summed E-state index contributed by atoms with van der Waals surface area (Å²) in [6, 6.07) is 11.8. The molecule has 0 bridgehead atoms. The third-order valence-electron chi connectivity index (χ3n) is 5.01. The molecule has 12 heteroatoms. The van der Waals surface area contributed by atoms with Crippen LogP contribution in [0.4, 0.5) is 16.2 Å². The normalized spacial score (nSPS) is 11.4. The molecule has 4 aromatic rings. The second-order valence-corrected chi connectivity index (χ2v) is 11.3. The number of nitrogens with one attached hydrogen (secondary N) is 3.